The second kappa shape index (κ2) is 6.64. The van der Waals surface area contributed by atoms with Crippen LogP contribution < -0.4 is 5.32 Å². The highest BCUT2D eigenvalue weighted by molar-refractivity contribution is 6.30. The molecule has 1 unspecified atom stereocenters. The number of ether oxygens (including phenoxy) is 1. The normalized spacial score (nSPS) is 13.8. The van der Waals surface area contributed by atoms with Gasteiger partial charge >= 0.3 is 5.97 Å². The number of esters is 1. The Hall–Kier alpha value is -1.22. The Bertz CT molecular complexity index is 391. The van der Waals surface area contributed by atoms with Gasteiger partial charge < -0.3 is 10.1 Å². The molecule has 4 heteroatoms. The van der Waals surface area contributed by atoms with Gasteiger partial charge in [0.15, 0.2) is 0 Å². The summed E-state index contributed by atoms with van der Waals surface area (Å²) in [5, 5.41) is 3.91. The molecular weight excluding hydrogens is 250 g/mol. The first-order valence-electron chi connectivity index (χ1n) is 6.23. The molecule has 18 heavy (non-hydrogen) atoms. The van der Waals surface area contributed by atoms with Crippen molar-refractivity contribution in [1.82, 2.24) is 0 Å². The smallest absolute Gasteiger partial charge is 0.331 e. The van der Waals surface area contributed by atoms with Crippen molar-refractivity contribution in [1.29, 1.82) is 0 Å². The van der Waals surface area contributed by atoms with Crippen LogP contribution in [-0.4, -0.2) is 18.1 Å². The van der Waals surface area contributed by atoms with E-state index in [0.717, 1.165) is 12.1 Å². The van der Waals surface area contributed by atoms with Crippen LogP contribution in [0.5, 0.6) is 0 Å². The third-order valence-corrected chi connectivity index (χ3v) is 2.99. The monoisotopic (exact) mass is 269 g/mol. The van der Waals surface area contributed by atoms with Crippen LogP contribution in [0.4, 0.5) is 5.69 Å². The second-order valence-electron chi connectivity index (χ2n) is 4.43. The molecule has 0 aliphatic rings. The van der Waals surface area contributed by atoms with E-state index >= 15 is 0 Å². The minimum Gasteiger partial charge on any atom is -0.464 e. The van der Waals surface area contributed by atoms with Gasteiger partial charge in [0, 0.05) is 10.7 Å². The van der Waals surface area contributed by atoms with Crippen LogP contribution in [-0.2, 0) is 9.53 Å². The van der Waals surface area contributed by atoms with E-state index in [1.54, 1.807) is 12.1 Å². The molecule has 1 aromatic carbocycles. The van der Waals surface area contributed by atoms with Crippen molar-refractivity contribution in [2.24, 2.45) is 0 Å². The number of hydrogen-bond acceptors (Lipinski definition) is 3. The lowest BCUT2D eigenvalue weighted by molar-refractivity contribution is -0.148. The Morgan fingerprint density at radius 1 is 1.33 bits per heavy atom. The van der Waals surface area contributed by atoms with Crippen LogP contribution in [0, 0.1) is 0 Å². The number of rotatable bonds is 6. The molecule has 3 nitrogen and oxygen atoms in total. The molecule has 1 N–H and O–H groups in total. The van der Waals surface area contributed by atoms with E-state index in [9.17, 15) is 4.79 Å². The van der Waals surface area contributed by atoms with Gasteiger partial charge in [-0.25, -0.2) is 4.79 Å². The zero-order chi connectivity index (χ0) is 13.6. The molecule has 0 saturated carbocycles. The number of halogens is 1. The van der Waals surface area contributed by atoms with E-state index in [4.69, 9.17) is 16.3 Å². The van der Waals surface area contributed by atoms with Gasteiger partial charge in [0.05, 0.1) is 6.61 Å². The van der Waals surface area contributed by atoms with E-state index in [1.807, 2.05) is 32.9 Å². The van der Waals surface area contributed by atoms with Gasteiger partial charge in [0.2, 0.25) is 0 Å². The molecule has 0 heterocycles. The quantitative estimate of drug-likeness (QED) is 0.797. The molecule has 100 valence electrons. The standard InChI is InChI=1S/C14H20ClNO2/c1-4-10-14(3,13(17)18-5-2)16-12-8-6-11(15)7-9-12/h6-9,16H,4-5,10H2,1-3H3. The molecule has 0 saturated heterocycles. The molecule has 1 atom stereocenters. The summed E-state index contributed by atoms with van der Waals surface area (Å²) >= 11 is 5.84. The van der Waals surface area contributed by atoms with Gasteiger partial charge in [-0.2, -0.15) is 0 Å². The molecule has 0 spiro atoms. The first kappa shape index (κ1) is 14.8. The fourth-order valence-corrected chi connectivity index (χ4v) is 1.98. The molecule has 1 aromatic rings. The Morgan fingerprint density at radius 3 is 2.44 bits per heavy atom. The van der Waals surface area contributed by atoms with Crippen molar-refractivity contribution in [2.75, 3.05) is 11.9 Å². The van der Waals surface area contributed by atoms with Gasteiger partial charge in [0.25, 0.3) is 0 Å². The maximum atomic E-state index is 12.0. The van der Waals surface area contributed by atoms with Crippen LogP contribution >= 0.6 is 11.6 Å². The van der Waals surface area contributed by atoms with Gasteiger partial charge in [-0.3, -0.25) is 0 Å². The average Bonchev–Trinajstić information content (AvgIpc) is 2.33. The minimum absolute atomic E-state index is 0.221. The molecular formula is C14H20ClNO2. The lowest BCUT2D eigenvalue weighted by atomic mass is 9.95. The third kappa shape index (κ3) is 3.91. The predicted molar refractivity (Wildman–Crippen MR) is 75.0 cm³/mol. The lowest BCUT2D eigenvalue weighted by Gasteiger charge is -2.29. The van der Waals surface area contributed by atoms with Crippen molar-refractivity contribution < 1.29 is 9.53 Å². The summed E-state index contributed by atoms with van der Waals surface area (Å²) < 4.78 is 5.13. The third-order valence-electron chi connectivity index (χ3n) is 2.74. The van der Waals surface area contributed by atoms with Gasteiger partial charge in [-0.15, -0.1) is 0 Å². The van der Waals surface area contributed by atoms with Crippen LogP contribution in [0.1, 0.15) is 33.6 Å². The SMILES string of the molecule is CCCC(C)(Nc1ccc(Cl)cc1)C(=O)OCC. The Kier molecular flexibility index (Phi) is 5.48. The summed E-state index contributed by atoms with van der Waals surface area (Å²) in [4.78, 5) is 12.0. The highest BCUT2D eigenvalue weighted by Crippen LogP contribution is 2.23. The van der Waals surface area contributed by atoms with E-state index < -0.39 is 5.54 Å². The van der Waals surface area contributed by atoms with E-state index in [2.05, 4.69) is 5.32 Å². The molecule has 0 aromatic heterocycles. The van der Waals surface area contributed by atoms with E-state index in [-0.39, 0.29) is 5.97 Å². The molecule has 0 amide bonds. The van der Waals surface area contributed by atoms with E-state index in [0.29, 0.717) is 18.1 Å². The highest BCUT2D eigenvalue weighted by atomic mass is 35.5. The number of benzene rings is 1. The Morgan fingerprint density at radius 2 is 1.94 bits per heavy atom. The number of nitrogens with one attached hydrogen (secondary N) is 1. The number of carbonyl (C=O) groups excluding carboxylic acids is 1. The van der Waals surface area contributed by atoms with Crippen LogP contribution in [0.2, 0.25) is 5.02 Å². The highest BCUT2D eigenvalue weighted by Gasteiger charge is 2.33. The molecule has 0 radical (unpaired) electrons. The number of carbonyl (C=O) groups is 1. The number of anilines is 1. The van der Waals surface area contributed by atoms with Gasteiger partial charge in [0.1, 0.15) is 5.54 Å². The number of hydrogen-bond donors (Lipinski definition) is 1. The fraction of sp³-hybridized carbons (Fsp3) is 0.500. The van der Waals surface area contributed by atoms with Crippen molar-refractivity contribution in [3.8, 4) is 0 Å². The largest absolute Gasteiger partial charge is 0.464 e. The van der Waals surface area contributed by atoms with Gasteiger partial charge in [-0.1, -0.05) is 24.9 Å². The topological polar surface area (TPSA) is 38.3 Å². The summed E-state index contributed by atoms with van der Waals surface area (Å²) in [5.41, 5.74) is 0.168. The molecule has 0 bridgehead atoms. The van der Waals surface area contributed by atoms with Crippen molar-refractivity contribution in [3.63, 3.8) is 0 Å². The summed E-state index contributed by atoms with van der Waals surface area (Å²) in [6, 6.07) is 7.30. The predicted octanol–water partition coefficient (Wildman–Crippen LogP) is 3.87. The van der Waals surface area contributed by atoms with Crippen molar-refractivity contribution in [3.05, 3.63) is 29.3 Å². The maximum Gasteiger partial charge on any atom is 0.331 e. The average molecular weight is 270 g/mol. The zero-order valence-corrected chi connectivity index (χ0v) is 11.9. The lowest BCUT2D eigenvalue weighted by Crippen LogP contribution is -2.44. The summed E-state index contributed by atoms with van der Waals surface area (Å²) in [6.45, 7) is 6.11. The van der Waals surface area contributed by atoms with Gasteiger partial charge in [-0.05, 0) is 44.5 Å². The Balaban J connectivity index is 2.84. The molecule has 0 fully saturated rings. The fourth-order valence-electron chi connectivity index (χ4n) is 1.86. The van der Waals surface area contributed by atoms with Crippen molar-refractivity contribution in [2.45, 2.75) is 39.2 Å². The zero-order valence-electron chi connectivity index (χ0n) is 11.1. The molecule has 0 aliphatic heterocycles. The maximum absolute atomic E-state index is 12.0. The van der Waals surface area contributed by atoms with Crippen molar-refractivity contribution >= 4 is 23.3 Å². The second-order valence-corrected chi connectivity index (χ2v) is 4.87. The molecule has 1 rings (SSSR count). The van der Waals surface area contributed by atoms with Crippen LogP contribution in [0.3, 0.4) is 0 Å². The first-order chi connectivity index (χ1) is 8.51. The molecule has 0 aliphatic carbocycles. The van der Waals surface area contributed by atoms with Crippen LogP contribution in [0.25, 0.3) is 0 Å². The summed E-state index contributed by atoms with van der Waals surface area (Å²) in [6.07, 6.45) is 1.62. The van der Waals surface area contributed by atoms with E-state index in [1.165, 1.54) is 0 Å². The van der Waals surface area contributed by atoms with Crippen LogP contribution in [0.15, 0.2) is 24.3 Å². The first-order valence-corrected chi connectivity index (χ1v) is 6.60. The summed E-state index contributed by atoms with van der Waals surface area (Å²) in [5.74, 6) is -0.221. The Labute approximate surface area is 113 Å². The minimum atomic E-state index is -0.696. The summed E-state index contributed by atoms with van der Waals surface area (Å²) in [7, 11) is 0.